The number of benzene rings is 2. The molecule has 39 heavy (non-hydrogen) atoms. The van der Waals surface area contributed by atoms with Crippen LogP contribution < -0.4 is 24.8 Å². The fourth-order valence-corrected chi connectivity index (χ4v) is 6.06. The molecule has 1 amide bonds. The molecule has 2 aliphatic carbocycles. The quantitative estimate of drug-likeness (QED) is 0.411. The Hall–Kier alpha value is -3.59. The van der Waals surface area contributed by atoms with Crippen LogP contribution in [0.25, 0.3) is 0 Å². The molecule has 0 bridgehead atoms. The second-order valence-corrected chi connectivity index (χ2v) is 10.6. The van der Waals surface area contributed by atoms with Crippen molar-refractivity contribution in [3.05, 3.63) is 69.0 Å². The van der Waals surface area contributed by atoms with Crippen LogP contribution in [0.5, 0.6) is 17.2 Å². The van der Waals surface area contributed by atoms with E-state index in [1.54, 1.807) is 31.4 Å². The molecule has 1 heterocycles. The summed E-state index contributed by atoms with van der Waals surface area (Å²) in [4.78, 5) is 38.9. The predicted octanol–water partition coefficient (Wildman–Crippen LogP) is 5.57. The summed E-state index contributed by atoms with van der Waals surface area (Å²) in [7, 11) is 1.58. The van der Waals surface area contributed by atoms with E-state index in [-0.39, 0.29) is 24.1 Å². The van der Waals surface area contributed by atoms with Crippen LogP contribution in [-0.2, 0) is 14.4 Å². The summed E-state index contributed by atoms with van der Waals surface area (Å²) in [5.41, 5.74) is 4.61. The largest absolute Gasteiger partial charge is 0.497 e. The number of hydrogen-bond acceptors (Lipinski definition) is 7. The van der Waals surface area contributed by atoms with Crippen molar-refractivity contribution in [1.29, 1.82) is 0 Å². The van der Waals surface area contributed by atoms with Gasteiger partial charge in [-0.1, -0.05) is 0 Å². The normalized spacial score (nSPS) is 17.3. The number of methoxy groups -OCH3 is 1. The van der Waals surface area contributed by atoms with Crippen LogP contribution in [-0.4, -0.2) is 37.8 Å². The molecule has 0 unspecified atom stereocenters. The Morgan fingerprint density at radius 1 is 0.974 bits per heavy atom. The molecule has 1 aliphatic heterocycles. The van der Waals surface area contributed by atoms with E-state index in [4.69, 9.17) is 14.2 Å². The van der Waals surface area contributed by atoms with Crippen LogP contribution in [0.2, 0.25) is 0 Å². The summed E-state index contributed by atoms with van der Waals surface area (Å²) in [6, 6.07) is 10.7. The van der Waals surface area contributed by atoms with Gasteiger partial charge < -0.3 is 24.8 Å². The van der Waals surface area contributed by atoms with Gasteiger partial charge in [-0.15, -0.1) is 0 Å². The van der Waals surface area contributed by atoms with Gasteiger partial charge in [0.2, 0.25) is 0 Å². The molecule has 0 radical (unpaired) electrons. The average Bonchev–Trinajstić information content (AvgIpc) is 2.92. The number of carbonyl (C=O) groups is 3. The standard InChI is InChI=1S/C30H31BrN2O6/c1-3-38-25-15-17(14-20(31)30(25)39-16-26(36)32-18-10-12-19(37-2)13-11-18)27-28-21(6-4-8-23(28)34)33-22-7-5-9-24(35)29(22)27/h10-15,27,33H,3-9,16H2,1-2H3,(H,32,36). The molecule has 0 aromatic heterocycles. The lowest BCUT2D eigenvalue weighted by Crippen LogP contribution is -2.36. The predicted molar refractivity (Wildman–Crippen MR) is 150 cm³/mol. The van der Waals surface area contributed by atoms with Crippen molar-refractivity contribution in [3.8, 4) is 17.2 Å². The smallest absolute Gasteiger partial charge is 0.262 e. The highest BCUT2D eigenvalue weighted by molar-refractivity contribution is 9.10. The van der Waals surface area contributed by atoms with Gasteiger partial charge in [0.15, 0.2) is 29.7 Å². The third kappa shape index (κ3) is 5.59. The summed E-state index contributed by atoms with van der Waals surface area (Å²) in [5, 5.41) is 6.24. The van der Waals surface area contributed by atoms with Gasteiger partial charge in [-0.05, 0) is 90.5 Å². The molecule has 2 aromatic rings. The molecule has 2 N–H and O–H groups in total. The maximum Gasteiger partial charge on any atom is 0.262 e. The van der Waals surface area contributed by atoms with Crippen LogP contribution >= 0.6 is 15.9 Å². The van der Waals surface area contributed by atoms with E-state index in [0.29, 0.717) is 58.0 Å². The van der Waals surface area contributed by atoms with E-state index in [0.717, 1.165) is 42.6 Å². The monoisotopic (exact) mass is 594 g/mol. The van der Waals surface area contributed by atoms with Crippen molar-refractivity contribution < 1.29 is 28.6 Å². The van der Waals surface area contributed by atoms with Crippen molar-refractivity contribution in [2.24, 2.45) is 0 Å². The number of amides is 1. The van der Waals surface area contributed by atoms with E-state index in [2.05, 4.69) is 26.6 Å². The van der Waals surface area contributed by atoms with E-state index >= 15 is 0 Å². The number of hydrogen-bond donors (Lipinski definition) is 2. The maximum absolute atomic E-state index is 13.2. The van der Waals surface area contributed by atoms with Crippen molar-refractivity contribution in [1.82, 2.24) is 5.32 Å². The van der Waals surface area contributed by atoms with E-state index in [1.807, 2.05) is 19.1 Å². The average molecular weight is 595 g/mol. The van der Waals surface area contributed by atoms with E-state index in [1.165, 1.54) is 0 Å². The molecule has 5 rings (SSSR count). The number of ether oxygens (including phenoxy) is 3. The third-order valence-electron chi connectivity index (χ3n) is 7.18. The lowest BCUT2D eigenvalue weighted by atomic mass is 9.71. The first-order chi connectivity index (χ1) is 18.9. The highest BCUT2D eigenvalue weighted by Crippen LogP contribution is 2.48. The second kappa shape index (κ2) is 11.7. The topological polar surface area (TPSA) is 103 Å². The number of nitrogens with one attached hydrogen (secondary N) is 2. The Morgan fingerprint density at radius 3 is 2.21 bits per heavy atom. The van der Waals surface area contributed by atoms with Gasteiger partial charge in [-0.2, -0.15) is 0 Å². The molecule has 2 aromatic carbocycles. The van der Waals surface area contributed by atoms with E-state index < -0.39 is 5.92 Å². The number of dihydropyridines is 1. The van der Waals surface area contributed by atoms with Crippen LogP contribution in [0.4, 0.5) is 5.69 Å². The Bertz CT molecular complexity index is 1340. The van der Waals surface area contributed by atoms with Crippen molar-refractivity contribution in [2.75, 3.05) is 25.6 Å². The first kappa shape index (κ1) is 27.0. The third-order valence-corrected chi connectivity index (χ3v) is 7.77. The number of rotatable bonds is 8. The fourth-order valence-electron chi connectivity index (χ4n) is 5.48. The minimum atomic E-state index is -0.459. The van der Waals surface area contributed by atoms with Crippen LogP contribution in [0.3, 0.4) is 0 Å². The Kier molecular flexibility index (Phi) is 8.07. The van der Waals surface area contributed by atoms with E-state index in [9.17, 15) is 14.4 Å². The zero-order chi connectivity index (χ0) is 27.5. The number of anilines is 1. The number of carbonyl (C=O) groups excluding carboxylic acids is 3. The van der Waals surface area contributed by atoms with Crippen molar-refractivity contribution in [2.45, 2.75) is 51.4 Å². The zero-order valence-corrected chi connectivity index (χ0v) is 23.6. The molecular weight excluding hydrogens is 564 g/mol. The van der Waals surface area contributed by atoms with Crippen LogP contribution in [0.1, 0.15) is 56.9 Å². The maximum atomic E-state index is 13.2. The second-order valence-electron chi connectivity index (χ2n) is 9.72. The Labute approximate surface area is 235 Å². The molecule has 0 atom stereocenters. The van der Waals surface area contributed by atoms with Gasteiger partial charge >= 0.3 is 0 Å². The SMILES string of the molecule is CCOc1cc(C2C3=C(CCCC3=O)NC3=C2C(=O)CCC3)cc(Br)c1OCC(=O)Nc1ccc(OC)cc1. The summed E-state index contributed by atoms with van der Waals surface area (Å²) in [5.74, 6) is 0.869. The van der Waals surface area contributed by atoms with Gasteiger partial charge in [0, 0.05) is 47.0 Å². The molecule has 9 heteroatoms. The lowest BCUT2D eigenvalue weighted by molar-refractivity contribution is -0.118. The molecule has 3 aliphatic rings. The Balaban J connectivity index is 1.44. The van der Waals surface area contributed by atoms with Gasteiger partial charge in [-0.25, -0.2) is 0 Å². The molecular formula is C30H31BrN2O6. The number of ketones is 2. The Morgan fingerprint density at radius 2 is 1.62 bits per heavy atom. The van der Waals surface area contributed by atoms with Gasteiger partial charge in [0.1, 0.15) is 5.75 Å². The van der Waals surface area contributed by atoms with Crippen molar-refractivity contribution >= 4 is 39.1 Å². The number of allylic oxidation sites excluding steroid dienone is 4. The highest BCUT2D eigenvalue weighted by atomic mass is 79.9. The summed E-state index contributed by atoms with van der Waals surface area (Å²) in [6.45, 7) is 2.00. The van der Waals surface area contributed by atoms with Crippen LogP contribution in [0, 0.1) is 0 Å². The molecule has 0 saturated carbocycles. The minimum absolute atomic E-state index is 0.0725. The minimum Gasteiger partial charge on any atom is -0.497 e. The zero-order valence-electron chi connectivity index (χ0n) is 22.0. The molecule has 0 fully saturated rings. The summed E-state index contributed by atoms with van der Waals surface area (Å²) >= 11 is 3.61. The van der Waals surface area contributed by atoms with Gasteiger partial charge in [-0.3, -0.25) is 14.4 Å². The molecule has 0 saturated heterocycles. The van der Waals surface area contributed by atoms with Crippen molar-refractivity contribution in [3.63, 3.8) is 0 Å². The summed E-state index contributed by atoms with van der Waals surface area (Å²) in [6.07, 6.45) is 4.11. The van der Waals surface area contributed by atoms with Crippen LogP contribution in [0.15, 0.2) is 63.4 Å². The lowest BCUT2D eigenvalue weighted by Gasteiger charge is -2.37. The highest BCUT2D eigenvalue weighted by Gasteiger charge is 2.40. The number of Topliss-reactive ketones (excluding diaryl/α,β-unsaturated/α-hetero) is 2. The number of halogens is 1. The first-order valence-corrected chi connectivity index (χ1v) is 14.0. The summed E-state index contributed by atoms with van der Waals surface area (Å²) < 4.78 is 17.6. The fraction of sp³-hybridized carbons (Fsp3) is 0.367. The molecule has 204 valence electrons. The van der Waals surface area contributed by atoms with Gasteiger partial charge in [0.25, 0.3) is 5.91 Å². The first-order valence-electron chi connectivity index (χ1n) is 13.2. The van der Waals surface area contributed by atoms with Gasteiger partial charge in [0.05, 0.1) is 18.2 Å². The molecule has 8 nitrogen and oxygen atoms in total. The molecule has 0 spiro atoms.